The molecule has 1 aromatic rings. The second-order valence-electron chi connectivity index (χ2n) is 4.82. The Hall–Kier alpha value is -1.46. The third kappa shape index (κ3) is 3.11. The van der Waals surface area contributed by atoms with E-state index in [4.69, 9.17) is 5.73 Å². The molecule has 3 N–H and O–H groups in total. The monoisotopic (exact) mass is 265 g/mol. The second kappa shape index (κ2) is 6.12. The number of carbonyl (C=O) groups excluding carboxylic acids is 1. The molecule has 1 aromatic carbocycles. The fourth-order valence-corrected chi connectivity index (χ4v) is 2.37. The van der Waals surface area contributed by atoms with Gasteiger partial charge >= 0.3 is 0 Å². The lowest BCUT2D eigenvalue weighted by Crippen LogP contribution is -2.53. The molecule has 1 amide bonds. The highest BCUT2D eigenvalue weighted by atomic mass is 19.1. The standard InChI is InChI=1S/C14H20FN3O/c1-2-12(16)14(19)18-7-6-17-9-13(18)10-4-3-5-11(15)8-10/h3-5,8,12-13,17H,2,6-7,9,16H2,1H3/t12-,13?/m0/s1. The van der Waals surface area contributed by atoms with Gasteiger partial charge in [0.25, 0.3) is 0 Å². The summed E-state index contributed by atoms with van der Waals surface area (Å²) in [5, 5.41) is 3.24. The Labute approximate surface area is 112 Å². The Bertz CT molecular complexity index is 452. The molecule has 0 saturated carbocycles. The minimum atomic E-state index is -0.478. The molecule has 0 radical (unpaired) electrons. The van der Waals surface area contributed by atoms with E-state index in [-0.39, 0.29) is 17.8 Å². The number of nitrogens with one attached hydrogen (secondary N) is 1. The lowest BCUT2D eigenvalue weighted by atomic mass is 10.0. The highest BCUT2D eigenvalue weighted by molar-refractivity contribution is 5.82. The van der Waals surface area contributed by atoms with E-state index < -0.39 is 6.04 Å². The first-order valence-electron chi connectivity index (χ1n) is 6.65. The number of piperazine rings is 1. The zero-order chi connectivity index (χ0) is 13.8. The normalized spacial score (nSPS) is 21.2. The Morgan fingerprint density at radius 1 is 1.63 bits per heavy atom. The molecule has 1 aliphatic heterocycles. The van der Waals surface area contributed by atoms with E-state index in [1.165, 1.54) is 12.1 Å². The van der Waals surface area contributed by atoms with Gasteiger partial charge in [-0.1, -0.05) is 19.1 Å². The molecule has 19 heavy (non-hydrogen) atoms. The van der Waals surface area contributed by atoms with E-state index in [2.05, 4.69) is 5.32 Å². The predicted molar refractivity (Wildman–Crippen MR) is 72.0 cm³/mol. The molecule has 0 bridgehead atoms. The quantitative estimate of drug-likeness (QED) is 0.858. The van der Waals surface area contributed by atoms with Crippen LogP contribution in [0.4, 0.5) is 4.39 Å². The summed E-state index contributed by atoms with van der Waals surface area (Å²) in [5.41, 5.74) is 6.64. The van der Waals surface area contributed by atoms with Gasteiger partial charge < -0.3 is 16.0 Å². The largest absolute Gasteiger partial charge is 0.332 e. The van der Waals surface area contributed by atoms with E-state index in [1.807, 2.05) is 13.0 Å². The fourth-order valence-electron chi connectivity index (χ4n) is 2.37. The molecule has 104 valence electrons. The first-order valence-corrected chi connectivity index (χ1v) is 6.65. The van der Waals surface area contributed by atoms with E-state index in [0.717, 1.165) is 12.1 Å². The molecule has 2 rings (SSSR count). The summed E-state index contributed by atoms with van der Waals surface area (Å²) in [6.45, 7) is 3.87. The topological polar surface area (TPSA) is 58.4 Å². The van der Waals surface area contributed by atoms with Crippen molar-refractivity contribution in [1.29, 1.82) is 0 Å². The van der Waals surface area contributed by atoms with Gasteiger partial charge in [-0.25, -0.2) is 4.39 Å². The van der Waals surface area contributed by atoms with Crippen LogP contribution in [0.15, 0.2) is 24.3 Å². The molecular weight excluding hydrogens is 245 g/mol. The van der Waals surface area contributed by atoms with Crippen LogP contribution in [0.25, 0.3) is 0 Å². The van der Waals surface area contributed by atoms with Crippen LogP contribution >= 0.6 is 0 Å². The van der Waals surface area contributed by atoms with Gasteiger partial charge in [0.1, 0.15) is 5.82 Å². The number of nitrogens with two attached hydrogens (primary N) is 1. The minimum absolute atomic E-state index is 0.0572. The van der Waals surface area contributed by atoms with Gasteiger partial charge in [0.15, 0.2) is 0 Å². The number of benzene rings is 1. The molecule has 5 heteroatoms. The summed E-state index contributed by atoms with van der Waals surface area (Å²) in [6.07, 6.45) is 0.610. The van der Waals surface area contributed by atoms with Crippen LogP contribution in [-0.2, 0) is 4.79 Å². The van der Waals surface area contributed by atoms with E-state index in [1.54, 1.807) is 11.0 Å². The number of carbonyl (C=O) groups is 1. The van der Waals surface area contributed by atoms with Gasteiger partial charge in [0, 0.05) is 19.6 Å². The molecule has 4 nitrogen and oxygen atoms in total. The third-order valence-corrected chi connectivity index (χ3v) is 3.52. The number of hydrogen-bond acceptors (Lipinski definition) is 3. The average Bonchev–Trinajstić information content (AvgIpc) is 2.45. The Morgan fingerprint density at radius 3 is 3.11 bits per heavy atom. The van der Waals surface area contributed by atoms with Crippen LogP contribution < -0.4 is 11.1 Å². The average molecular weight is 265 g/mol. The molecule has 2 atom stereocenters. The first-order chi connectivity index (χ1) is 9.13. The highest BCUT2D eigenvalue weighted by Crippen LogP contribution is 2.23. The minimum Gasteiger partial charge on any atom is -0.332 e. The van der Waals surface area contributed by atoms with Crippen molar-refractivity contribution in [3.63, 3.8) is 0 Å². The van der Waals surface area contributed by atoms with Gasteiger partial charge in [-0.05, 0) is 24.1 Å². The Morgan fingerprint density at radius 2 is 2.42 bits per heavy atom. The number of nitrogens with zero attached hydrogens (tertiary/aromatic N) is 1. The van der Waals surface area contributed by atoms with Gasteiger partial charge in [0.05, 0.1) is 12.1 Å². The maximum atomic E-state index is 13.3. The lowest BCUT2D eigenvalue weighted by molar-refractivity contribution is -0.136. The zero-order valence-electron chi connectivity index (χ0n) is 11.1. The van der Waals surface area contributed by atoms with Crippen molar-refractivity contribution in [1.82, 2.24) is 10.2 Å². The third-order valence-electron chi connectivity index (χ3n) is 3.52. The highest BCUT2D eigenvalue weighted by Gasteiger charge is 2.30. The van der Waals surface area contributed by atoms with Crippen molar-refractivity contribution >= 4 is 5.91 Å². The van der Waals surface area contributed by atoms with Gasteiger partial charge in [-0.2, -0.15) is 0 Å². The van der Waals surface area contributed by atoms with Crippen LogP contribution in [0.1, 0.15) is 24.9 Å². The number of rotatable bonds is 3. The van der Waals surface area contributed by atoms with Crippen molar-refractivity contribution < 1.29 is 9.18 Å². The SMILES string of the molecule is CC[C@H](N)C(=O)N1CCNCC1c1cccc(F)c1. The lowest BCUT2D eigenvalue weighted by Gasteiger charge is -2.37. The van der Waals surface area contributed by atoms with Crippen LogP contribution in [0.2, 0.25) is 0 Å². The van der Waals surface area contributed by atoms with Crippen LogP contribution in [0.3, 0.4) is 0 Å². The second-order valence-corrected chi connectivity index (χ2v) is 4.82. The molecule has 0 aliphatic carbocycles. The molecule has 1 unspecified atom stereocenters. The molecule has 1 aliphatic rings. The maximum absolute atomic E-state index is 13.3. The van der Waals surface area contributed by atoms with Gasteiger partial charge in [-0.3, -0.25) is 4.79 Å². The van der Waals surface area contributed by atoms with Crippen LogP contribution in [0.5, 0.6) is 0 Å². The fraction of sp³-hybridized carbons (Fsp3) is 0.500. The van der Waals surface area contributed by atoms with Crippen LogP contribution in [-0.4, -0.2) is 36.5 Å². The number of halogens is 1. The van der Waals surface area contributed by atoms with E-state index >= 15 is 0 Å². The number of amides is 1. The summed E-state index contributed by atoms with van der Waals surface area (Å²) < 4.78 is 13.3. The number of hydrogen-bond donors (Lipinski definition) is 2. The zero-order valence-corrected chi connectivity index (χ0v) is 11.1. The van der Waals surface area contributed by atoms with Gasteiger partial charge in [-0.15, -0.1) is 0 Å². The van der Waals surface area contributed by atoms with Crippen molar-refractivity contribution in [2.75, 3.05) is 19.6 Å². The molecule has 1 heterocycles. The molecule has 1 fully saturated rings. The Kier molecular flexibility index (Phi) is 4.50. The van der Waals surface area contributed by atoms with Crippen molar-refractivity contribution in [3.05, 3.63) is 35.6 Å². The molecular formula is C14H20FN3O. The maximum Gasteiger partial charge on any atom is 0.240 e. The van der Waals surface area contributed by atoms with E-state index in [0.29, 0.717) is 19.5 Å². The van der Waals surface area contributed by atoms with E-state index in [9.17, 15) is 9.18 Å². The predicted octanol–water partition coefficient (Wildman–Crippen LogP) is 1.04. The van der Waals surface area contributed by atoms with Crippen LogP contribution in [0, 0.1) is 5.82 Å². The van der Waals surface area contributed by atoms with Crippen molar-refractivity contribution in [2.45, 2.75) is 25.4 Å². The first kappa shape index (κ1) is 14.0. The molecule has 1 saturated heterocycles. The Balaban J connectivity index is 2.23. The smallest absolute Gasteiger partial charge is 0.240 e. The van der Waals surface area contributed by atoms with Crippen molar-refractivity contribution in [2.24, 2.45) is 5.73 Å². The summed E-state index contributed by atoms with van der Waals surface area (Å²) in [4.78, 5) is 14.0. The molecule has 0 spiro atoms. The summed E-state index contributed by atoms with van der Waals surface area (Å²) >= 11 is 0. The van der Waals surface area contributed by atoms with Crippen molar-refractivity contribution in [3.8, 4) is 0 Å². The summed E-state index contributed by atoms with van der Waals surface area (Å²) in [6, 6.07) is 5.78. The summed E-state index contributed by atoms with van der Waals surface area (Å²) in [7, 11) is 0. The molecule has 0 aromatic heterocycles. The van der Waals surface area contributed by atoms with Gasteiger partial charge in [0.2, 0.25) is 5.91 Å². The summed E-state index contributed by atoms with van der Waals surface area (Å²) in [5.74, 6) is -0.339.